The summed E-state index contributed by atoms with van der Waals surface area (Å²) in [5.74, 6) is 0.577. The van der Waals surface area contributed by atoms with E-state index < -0.39 is 10.0 Å². The number of hydrogen-bond acceptors (Lipinski definition) is 5. The SMILES string of the molecule is O=S(=O)(Nc1ccc(-n2cc(CO)nn2)cc1)c1ccc(CCCCl)cc1. The molecule has 0 fully saturated rings. The number of aliphatic hydroxyl groups excluding tert-OH is 1. The molecular weight excluding hydrogens is 388 g/mol. The molecule has 0 atom stereocenters. The number of sulfonamides is 1. The van der Waals surface area contributed by atoms with Crippen LogP contribution in [-0.4, -0.2) is 34.4 Å². The molecule has 0 bridgehead atoms. The minimum Gasteiger partial charge on any atom is -0.390 e. The van der Waals surface area contributed by atoms with E-state index in [1.54, 1.807) is 54.7 Å². The number of rotatable bonds is 8. The Labute approximate surface area is 162 Å². The predicted molar refractivity (Wildman–Crippen MR) is 104 cm³/mol. The van der Waals surface area contributed by atoms with Gasteiger partial charge in [0.25, 0.3) is 10.0 Å². The Morgan fingerprint density at radius 3 is 2.37 bits per heavy atom. The zero-order chi connectivity index (χ0) is 19.3. The van der Waals surface area contributed by atoms with Gasteiger partial charge in [0, 0.05) is 11.6 Å². The number of aryl methyl sites for hydroxylation is 1. The van der Waals surface area contributed by atoms with Crippen LogP contribution in [0.1, 0.15) is 17.7 Å². The highest BCUT2D eigenvalue weighted by molar-refractivity contribution is 7.92. The van der Waals surface area contributed by atoms with E-state index in [-0.39, 0.29) is 11.5 Å². The smallest absolute Gasteiger partial charge is 0.261 e. The standard InChI is InChI=1S/C18H19ClN4O3S/c19-11-1-2-14-3-9-18(10-4-14)27(25,26)21-15-5-7-17(8-6-15)23-12-16(13-24)20-22-23/h3-10,12,21,24H,1-2,11,13H2. The summed E-state index contributed by atoms with van der Waals surface area (Å²) in [6.45, 7) is -0.192. The van der Waals surface area contributed by atoms with Crippen molar-refractivity contribution in [3.63, 3.8) is 0 Å². The van der Waals surface area contributed by atoms with E-state index in [1.807, 2.05) is 0 Å². The lowest BCUT2D eigenvalue weighted by molar-refractivity contribution is 0.276. The van der Waals surface area contributed by atoms with Crippen molar-refractivity contribution < 1.29 is 13.5 Å². The molecule has 0 radical (unpaired) electrons. The van der Waals surface area contributed by atoms with E-state index in [0.717, 1.165) is 18.4 Å². The number of nitrogens with zero attached hydrogens (tertiary/aromatic N) is 3. The normalized spacial score (nSPS) is 11.5. The van der Waals surface area contributed by atoms with Gasteiger partial charge >= 0.3 is 0 Å². The molecule has 0 unspecified atom stereocenters. The Balaban J connectivity index is 1.71. The van der Waals surface area contributed by atoms with Gasteiger partial charge in [0.05, 0.1) is 23.4 Å². The summed E-state index contributed by atoms with van der Waals surface area (Å²) >= 11 is 5.68. The first kappa shape index (κ1) is 19.3. The van der Waals surface area contributed by atoms with Crippen LogP contribution in [0.15, 0.2) is 59.6 Å². The van der Waals surface area contributed by atoms with Crippen LogP contribution in [0.5, 0.6) is 0 Å². The Bertz CT molecular complexity index is 986. The van der Waals surface area contributed by atoms with Gasteiger partial charge in [-0.2, -0.15) is 0 Å². The molecule has 2 aromatic carbocycles. The molecule has 1 aromatic heterocycles. The van der Waals surface area contributed by atoms with Crippen LogP contribution < -0.4 is 4.72 Å². The van der Waals surface area contributed by atoms with E-state index in [4.69, 9.17) is 16.7 Å². The second-order valence-electron chi connectivity index (χ2n) is 5.90. The molecule has 0 saturated heterocycles. The van der Waals surface area contributed by atoms with Gasteiger partial charge in [-0.05, 0) is 54.8 Å². The maximum Gasteiger partial charge on any atom is 0.261 e. The van der Waals surface area contributed by atoms with Gasteiger partial charge in [0.2, 0.25) is 0 Å². The fourth-order valence-corrected chi connectivity index (χ4v) is 3.69. The van der Waals surface area contributed by atoms with Gasteiger partial charge in [0.15, 0.2) is 0 Å². The lowest BCUT2D eigenvalue weighted by atomic mass is 10.1. The summed E-state index contributed by atoms with van der Waals surface area (Å²) in [5, 5.41) is 16.7. The maximum absolute atomic E-state index is 12.5. The molecule has 0 amide bonds. The number of hydrogen-bond donors (Lipinski definition) is 2. The van der Waals surface area contributed by atoms with Crippen molar-refractivity contribution in [1.29, 1.82) is 0 Å². The average molecular weight is 407 g/mol. The number of anilines is 1. The highest BCUT2D eigenvalue weighted by Gasteiger charge is 2.14. The van der Waals surface area contributed by atoms with Crippen molar-refractivity contribution >= 4 is 27.3 Å². The van der Waals surface area contributed by atoms with E-state index in [1.165, 1.54) is 4.68 Å². The second-order valence-corrected chi connectivity index (χ2v) is 7.96. The Hall–Kier alpha value is -2.42. The molecule has 2 N–H and O–H groups in total. The van der Waals surface area contributed by atoms with Crippen LogP contribution in [0.2, 0.25) is 0 Å². The average Bonchev–Trinajstić information content (AvgIpc) is 3.16. The summed E-state index contributed by atoms with van der Waals surface area (Å²) in [6.07, 6.45) is 3.27. The highest BCUT2D eigenvalue weighted by atomic mass is 35.5. The molecular formula is C18H19ClN4O3S. The van der Waals surface area contributed by atoms with Crippen LogP contribution in [0.4, 0.5) is 5.69 Å². The first-order valence-corrected chi connectivity index (χ1v) is 10.3. The lowest BCUT2D eigenvalue weighted by Gasteiger charge is -2.09. The molecule has 3 rings (SSSR count). The van der Waals surface area contributed by atoms with Crippen LogP contribution in [0.25, 0.3) is 5.69 Å². The lowest BCUT2D eigenvalue weighted by Crippen LogP contribution is -2.13. The third-order valence-corrected chi connectivity index (χ3v) is 5.58. The molecule has 0 aliphatic carbocycles. The van der Waals surface area contributed by atoms with Gasteiger partial charge in [0.1, 0.15) is 5.69 Å². The fraction of sp³-hybridized carbons (Fsp3) is 0.222. The first-order chi connectivity index (χ1) is 13.0. The quantitative estimate of drug-likeness (QED) is 0.560. The molecule has 3 aromatic rings. The number of nitrogens with one attached hydrogen (secondary N) is 1. The Morgan fingerprint density at radius 1 is 1.07 bits per heavy atom. The predicted octanol–water partition coefficient (Wildman–Crippen LogP) is 2.73. The fourth-order valence-electron chi connectivity index (χ4n) is 2.50. The van der Waals surface area contributed by atoms with Crippen molar-refractivity contribution in [2.24, 2.45) is 0 Å². The second kappa shape index (κ2) is 8.51. The molecule has 0 aliphatic rings. The maximum atomic E-state index is 12.5. The highest BCUT2D eigenvalue weighted by Crippen LogP contribution is 2.19. The Kier molecular flexibility index (Phi) is 6.10. The minimum atomic E-state index is -3.67. The number of benzene rings is 2. The zero-order valence-corrected chi connectivity index (χ0v) is 16.0. The van der Waals surface area contributed by atoms with Gasteiger partial charge < -0.3 is 5.11 Å². The van der Waals surface area contributed by atoms with Crippen LogP contribution in [0, 0.1) is 0 Å². The molecule has 0 saturated carbocycles. The largest absolute Gasteiger partial charge is 0.390 e. The molecule has 142 valence electrons. The first-order valence-electron chi connectivity index (χ1n) is 8.32. The molecule has 9 heteroatoms. The minimum absolute atomic E-state index is 0.192. The third-order valence-electron chi connectivity index (χ3n) is 3.92. The van der Waals surface area contributed by atoms with Gasteiger partial charge in [-0.15, -0.1) is 16.7 Å². The summed E-state index contributed by atoms with van der Waals surface area (Å²) < 4.78 is 29.1. The Morgan fingerprint density at radius 2 is 1.78 bits per heavy atom. The monoisotopic (exact) mass is 406 g/mol. The molecule has 1 heterocycles. The molecule has 7 nitrogen and oxygen atoms in total. The van der Waals surface area contributed by atoms with E-state index in [2.05, 4.69) is 15.0 Å². The molecule has 0 aliphatic heterocycles. The topological polar surface area (TPSA) is 97.1 Å². The van der Waals surface area contributed by atoms with E-state index >= 15 is 0 Å². The molecule has 0 spiro atoms. The van der Waals surface area contributed by atoms with Crippen molar-refractivity contribution in [1.82, 2.24) is 15.0 Å². The van der Waals surface area contributed by atoms with Crippen LogP contribution >= 0.6 is 11.6 Å². The van der Waals surface area contributed by atoms with Crippen molar-refractivity contribution in [2.45, 2.75) is 24.3 Å². The number of aromatic nitrogens is 3. The van der Waals surface area contributed by atoms with Crippen molar-refractivity contribution in [3.8, 4) is 5.69 Å². The van der Waals surface area contributed by atoms with E-state index in [0.29, 0.717) is 22.9 Å². The van der Waals surface area contributed by atoms with Gasteiger partial charge in [-0.1, -0.05) is 17.3 Å². The van der Waals surface area contributed by atoms with Crippen molar-refractivity contribution in [2.75, 3.05) is 10.6 Å². The number of alkyl halides is 1. The van der Waals surface area contributed by atoms with E-state index in [9.17, 15) is 8.42 Å². The van der Waals surface area contributed by atoms with Crippen LogP contribution in [0.3, 0.4) is 0 Å². The molecule has 27 heavy (non-hydrogen) atoms. The summed E-state index contributed by atoms with van der Waals surface area (Å²) in [7, 11) is -3.67. The zero-order valence-electron chi connectivity index (χ0n) is 14.4. The van der Waals surface area contributed by atoms with Gasteiger partial charge in [-0.25, -0.2) is 13.1 Å². The number of halogens is 1. The third kappa shape index (κ3) is 4.85. The van der Waals surface area contributed by atoms with Crippen LogP contribution in [-0.2, 0) is 23.1 Å². The van der Waals surface area contributed by atoms with Crippen molar-refractivity contribution in [3.05, 3.63) is 66.0 Å². The summed E-state index contributed by atoms with van der Waals surface area (Å²) in [6, 6.07) is 13.5. The number of aliphatic hydroxyl groups is 1. The van der Waals surface area contributed by atoms with Gasteiger partial charge in [-0.3, -0.25) is 4.72 Å². The summed E-state index contributed by atoms with van der Waals surface area (Å²) in [5.41, 5.74) is 2.64. The summed E-state index contributed by atoms with van der Waals surface area (Å²) in [4.78, 5) is 0.199.